The average molecular weight is 220 g/mol. The number of amides is 1. The lowest BCUT2D eigenvalue weighted by Crippen LogP contribution is -2.29. The van der Waals surface area contributed by atoms with E-state index in [-0.39, 0.29) is 11.9 Å². The van der Waals surface area contributed by atoms with Crippen LogP contribution in [-0.4, -0.2) is 24.4 Å². The van der Waals surface area contributed by atoms with Gasteiger partial charge in [0.2, 0.25) is 5.91 Å². The van der Waals surface area contributed by atoms with E-state index in [9.17, 15) is 4.79 Å². The van der Waals surface area contributed by atoms with Crippen LogP contribution in [0.3, 0.4) is 0 Å². The summed E-state index contributed by atoms with van der Waals surface area (Å²) in [7, 11) is 1.84. The summed E-state index contributed by atoms with van der Waals surface area (Å²) in [6.07, 6.45) is 1.29. The first-order chi connectivity index (χ1) is 7.66. The largest absolute Gasteiger partial charge is 0.339 e. The average Bonchev–Trinajstić information content (AvgIpc) is 2.35. The van der Waals surface area contributed by atoms with E-state index in [2.05, 4.69) is 0 Å². The first-order valence-corrected chi connectivity index (χ1v) is 5.67. The normalized spacial score (nSPS) is 12.2. The molecule has 0 aliphatic carbocycles. The molecule has 0 aromatic heterocycles. The molecule has 0 aliphatic heterocycles. The van der Waals surface area contributed by atoms with E-state index in [1.807, 2.05) is 44.3 Å². The van der Waals surface area contributed by atoms with E-state index < -0.39 is 0 Å². The highest BCUT2D eigenvalue weighted by Crippen LogP contribution is 2.18. The molecule has 1 atom stereocenters. The summed E-state index contributed by atoms with van der Waals surface area (Å²) in [6, 6.07) is 10.2. The number of carbonyl (C=O) groups is 1. The van der Waals surface area contributed by atoms with E-state index >= 15 is 0 Å². The maximum Gasteiger partial charge on any atom is 0.222 e. The summed E-state index contributed by atoms with van der Waals surface area (Å²) >= 11 is 0. The second-order valence-corrected chi connectivity index (χ2v) is 3.98. The van der Waals surface area contributed by atoms with Crippen LogP contribution in [0.25, 0.3) is 0 Å². The fourth-order valence-corrected chi connectivity index (χ4v) is 1.60. The third-order valence-electron chi connectivity index (χ3n) is 2.85. The van der Waals surface area contributed by atoms with Crippen LogP contribution < -0.4 is 5.73 Å². The van der Waals surface area contributed by atoms with Gasteiger partial charge in [0.25, 0.3) is 0 Å². The van der Waals surface area contributed by atoms with Crippen molar-refractivity contribution in [2.45, 2.75) is 25.8 Å². The molecule has 0 bridgehead atoms. The van der Waals surface area contributed by atoms with Gasteiger partial charge in [-0.1, -0.05) is 30.3 Å². The molecule has 0 saturated carbocycles. The highest BCUT2D eigenvalue weighted by molar-refractivity contribution is 5.76. The van der Waals surface area contributed by atoms with E-state index in [4.69, 9.17) is 5.73 Å². The van der Waals surface area contributed by atoms with Crippen molar-refractivity contribution >= 4 is 5.91 Å². The number of hydrogen-bond acceptors (Lipinski definition) is 2. The van der Waals surface area contributed by atoms with Crippen LogP contribution in [-0.2, 0) is 4.79 Å². The summed E-state index contributed by atoms with van der Waals surface area (Å²) in [5.41, 5.74) is 6.55. The third kappa shape index (κ3) is 3.35. The molecule has 1 aromatic rings. The van der Waals surface area contributed by atoms with Crippen molar-refractivity contribution in [3.8, 4) is 0 Å². The molecule has 0 radical (unpaired) electrons. The van der Waals surface area contributed by atoms with Gasteiger partial charge in [0.15, 0.2) is 0 Å². The van der Waals surface area contributed by atoms with Crippen molar-refractivity contribution in [1.29, 1.82) is 0 Å². The molecule has 0 fully saturated rings. The van der Waals surface area contributed by atoms with Crippen LogP contribution in [0.2, 0.25) is 0 Å². The third-order valence-corrected chi connectivity index (χ3v) is 2.85. The molecule has 2 N–H and O–H groups in total. The van der Waals surface area contributed by atoms with Crippen molar-refractivity contribution in [3.63, 3.8) is 0 Å². The highest BCUT2D eigenvalue weighted by Gasteiger charge is 2.16. The number of benzene rings is 1. The molecule has 1 unspecified atom stereocenters. The molecular weight excluding hydrogens is 200 g/mol. The van der Waals surface area contributed by atoms with Crippen LogP contribution in [0.4, 0.5) is 0 Å². The zero-order chi connectivity index (χ0) is 12.0. The van der Waals surface area contributed by atoms with Gasteiger partial charge in [0.05, 0.1) is 6.04 Å². The lowest BCUT2D eigenvalue weighted by Gasteiger charge is -2.25. The number of hydrogen-bond donors (Lipinski definition) is 1. The topological polar surface area (TPSA) is 46.3 Å². The van der Waals surface area contributed by atoms with Gasteiger partial charge in [-0.2, -0.15) is 0 Å². The van der Waals surface area contributed by atoms with Crippen LogP contribution in [0, 0.1) is 0 Å². The Labute approximate surface area is 97.2 Å². The summed E-state index contributed by atoms with van der Waals surface area (Å²) in [6.45, 7) is 2.61. The molecule has 0 saturated heterocycles. The standard InChI is InChI=1S/C13H20N2O/c1-11(12-7-4-3-5-8-12)15(2)13(16)9-6-10-14/h3-5,7-8,11H,6,9-10,14H2,1-2H3. The number of rotatable bonds is 5. The lowest BCUT2D eigenvalue weighted by atomic mass is 10.1. The molecule has 0 spiro atoms. The predicted molar refractivity (Wildman–Crippen MR) is 65.9 cm³/mol. The summed E-state index contributed by atoms with van der Waals surface area (Å²) in [4.78, 5) is 13.6. The Balaban J connectivity index is 2.60. The van der Waals surface area contributed by atoms with Gasteiger partial charge >= 0.3 is 0 Å². The number of carbonyl (C=O) groups excluding carboxylic acids is 1. The van der Waals surface area contributed by atoms with Gasteiger partial charge in [0, 0.05) is 13.5 Å². The second-order valence-electron chi connectivity index (χ2n) is 3.98. The van der Waals surface area contributed by atoms with Gasteiger partial charge in [-0.25, -0.2) is 0 Å². The van der Waals surface area contributed by atoms with Crippen molar-refractivity contribution in [2.24, 2.45) is 5.73 Å². The van der Waals surface area contributed by atoms with E-state index in [1.165, 1.54) is 0 Å². The Morgan fingerprint density at radius 3 is 2.56 bits per heavy atom. The van der Waals surface area contributed by atoms with Crippen LogP contribution in [0.5, 0.6) is 0 Å². The predicted octanol–water partition coefficient (Wildman–Crippen LogP) is 1.94. The van der Waals surface area contributed by atoms with E-state index in [0.29, 0.717) is 13.0 Å². The van der Waals surface area contributed by atoms with E-state index in [0.717, 1.165) is 12.0 Å². The van der Waals surface area contributed by atoms with Crippen molar-refractivity contribution in [3.05, 3.63) is 35.9 Å². The van der Waals surface area contributed by atoms with Crippen molar-refractivity contribution < 1.29 is 4.79 Å². The molecule has 3 heteroatoms. The second kappa shape index (κ2) is 6.28. The lowest BCUT2D eigenvalue weighted by molar-refractivity contribution is -0.131. The van der Waals surface area contributed by atoms with Crippen LogP contribution in [0.1, 0.15) is 31.4 Å². The summed E-state index contributed by atoms with van der Waals surface area (Å²) < 4.78 is 0. The quantitative estimate of drug-likeness (QED) is 0.824. The fourth-order valence-electron chi connectivity index (χ4n) is 1.60. The minimum atomic E-state index is 0.117. The van der Waals surface area contributed by atoms with Gasteiger partial charge in [-0.15, -0.1) is 0 Å². The highest BCUT2D eigenvalue weighted by atomic mass is 16.2. The molecule has 0 heterocycles. The minimum absolute atomic E-state index is 0.117. The molecule has 1 rings (SSSR count). The summed E-state index contributed by atoms with van der Waals surface area (Å²) in [5, 5.41) is 0. The molecular formula is C13H20N2O. The van der Waals surface area contributed by atoms with E-state index in [1.54, 1.807) is 4.90 Å². The maximum atomic E-state index is 11.8. The first kappa shape index (κ1) is 12.7. The Hall–Kier alpha value is -1.35. The van der Waals surface area contributed by atoms with Crippen LogP contribution >= 0.6 is 0 Å². The monoisotopic (exact) mass is 220 g/mol. The Bertz CT molecular complexity index is 324. The van der Waals surface area contributed by atoms with Crippen molar-refractivity contribution in [1.82, 2.24) is 4.90 Å². The molecule has 16 heavy (non-hydrogen) atoms. The number of nitrogens with two attached hydrogens (primary N) is 1. The summed E-state index contributed by atoms with van der Waals surface area (Å²) in [5.74, 6) is 0.154. The SMILES string of the molecule is CC(c1ccccc1)N(C)C(=O)CCCN. The van der Waals surface area contributed by atoms with Gasteiger partial charge in [0.1, 0.15) is 0 Å². The number of nitrogens with zero attached hydrogens (tertiary/aromatic N) is 1. The van der Waals surface area contributed by atoms with Crippen LogP contribution in [0.15, 0.2) is 30.3 Å². The molecule has 3 nitrogen and oxygen atoms in total. The Morgan fingerprint density at radius 2 is 2.00 bits per heavy atom. The Kier molecular flexibility index (Phi) is 4.99. The first-order valence-electron chi connectivity index (χ1n) is 5.67. The molecule has 1 amide bonds. The van der Waals surface area contributed by atoms with Gasteiger partial charge in [-0.3, -0.25) is 4.79 Å². The van der Waals surface area contributed by atoms with Gasteiger partial charge in [-0.05, 0) is 25.5 Å². The molecule has 88 valence electrons. The smallest absolute Gasteiger partial charge is 0.222 e. The zero-order valence-electron chi connectivity index (χ0n) is 10.0. The fraction of sp³-hybridized carbons (Fsp3) is 0.462. The molecule has 1 aromatic carbocycles. The maximum absolute atomic E-state index is 11.8. The van der Waals surface area contributed by atoms with Crippen molar-refractivity contribution in [2.75, 3.05) is 13.6 Å². The molecule has 0 aliphatic rings. The minimum Gasteiger partial charge on any atom is -0.339 e. The zero-order valence-corrected chi connectivity index (χ0v) is 10.0. The van der Waals surface area contributed by atoms with Gasteiger partial charge < -0.3 is 10.6 Å². The Morgan fingerprint density at radius 1 is 1.38 bits per heavy atom.